The van der Waals surface area contributed by atoms with E-state index in [0.717, 1.165) is 24.0 Å². The summed E-state index contributed by atoms with van der Waals surface area (Å²) in [5.74, 6) is 0.509. The number of phenols is 1. The minimum absolute atomic E-state index is 0.0493. The van der Waals surface area contributed by atoms with Crippen LogP contribution in [0.5, 0.6) is 5.75 Å². The Bertz CT molecular complexity index is 809. The number of carbonyl (C=O) groups excluding carboxylic acids is 1. The monoisotopic (exact) mass is 398 g/mol. The lowest BCUT2D eigenvalue weighted by atomic mass is 9.66. The lowest BCUT2D eigenvalue weighted by Crippen LogP contribution is -2.44. The highest BCUT2D eigenvalue weighted by Gasteiger charge is 2.48. The summed E-state index contributed by atoms with van der Waals surface area (Å²) in [6.45, 7) is 9.33. The van der Waals surface area contributed by atoms with Gasteiger partial charge in [0.1, 0.15) is 11.4 Å². The summed E-state index contributed by atoms with van der Waals surface area (Å²) in [6.07, 6.45) is 11.3. The van der Waals surface area contributed by atoms with E-state index in [1.165, 1.54) is 19.3 Å². The molecule has 0 saturated heterocycles. The molecule has 1 saturated carbocycles. The van der Waals surface area contributed by atoms with Crippen LogP contribution in [0.2, 0.25) is 0 Å². The maximum absolute atomic E-state index is 12.9. The van der Waals surface area contributed by atoms with Gasteiger partial charge in [0, 0.05) is 11.5 Å². The number of allylic oxidation sites excluding steroid dienone is 2. The van der Waals surface area contributed by atoms with Gasteiger partial charge in [0.05, 0.1) is 0 Å². The van der Waals surface area contributed by atoms with Crippen LogP contribution in [0.15, 0.2) is 42.0 Å². The molecule has 0 amide bonds. The fraction of sp³-hybridized carbons (Fsp3) is 0.560. The summed E-state index contributed by atoms with van der Waals surface area (Å²) in [5.41, 5.74) is 0.650. The second kappa shape index (κ2) is 8.25. The first kappa shape index (κ1) is 21.5. The molecule has 2 aliphatic carbocycles. The van der Waals surface area contributed by atoms with Crippen molar-refractivity contribution in [2.75, 3.05) is 0 Å². The second-order valence-electron chi connectivity index (χ2n) is 9.50. The minimum atomic E-state index is -1.08. The van der Waals surface area contributed by atoms with Crippen LogP contribution in [-0.2, 0) is 15.1 Å². The van der Waals surface area contributed by atoms with E-state index in [9.17, 15) is 9.90 Å². The molecule has 29 heavy (non-hydrogen) atoms. The van der Waals surface area contributed by atoms with Crippen LogP contribution in [-0.4, -0.2) is 16.9 Å². The van der Waals surface area contributed by atoms with Gasteiger partial charge in [-0.05, 0) is 65.0 Å². The third-order valence-corrected chi connectivity index (χ3v) is 5.96. The van der Waals surface area contributed by atoms with Crippen LogP contribution in [0.1, 0.15) is 70.9 Å². The predicted octanol–water partition coefficient (Wildman–Crippen LogP) is 6.56. The quantitative estimate of drug-likeness (QED) is 0.586. The van der Waals surface area contributed by atoms with Crippen molar-refractivity contribution in [3.8, 4) is 5.75 Å². The molecule has 3 rings (SSSR count). The molecule has 2 atom stereocenters. The molecule has 4 heteroatoms. The molecule has 0 aromatic heterocycles. The van der Waals surface area contributed by atoms with Crippen LogP contribution in [0.25, 0.3) is 0 Å². The third-order valence-electron chi connectivity index (χ3n) is 5.96. The molecule has 0 aliphatic heterocycles. The Hall–Kier alpha value is -2.23. The molecule has 1 N–H and O–H groups in total. The van der Waals surface area contributed by atoms with Crippen molar-refractivity contribution in [1.29, 1.82) is 0 Å². The standard InChI is InChI=1S/C25H34O4/c1-17-14-15-20(19-11-7-6-8-12-19)25(16-17,29-23(27)28-24(3,4)5)21-13-9-10-18(2)22(21)26/h9-10,13-16,19-20,26H,6-8,11-12H2,1-5H3. The Labute approximate surface area is 174 Å². The smallest absolute Gasteiger partial charge is 0.507 e. The summed E-state index contributed by atoms with van der Waals surface area (Å²) in [7, 11) is 0. The third kappa shape index (κ3) is 4.68. The Kier molecular flexibility index (Phi) is 6.11. The van der Waals surface area contributed by atoms with E-state index >= 15 is 0 Å². The highest BCUT2D eigenvalue weighted by Crippen LogP contribution is 2.50. The van der Waals surface area contributed by atoms with Gasteiger partial charge in [0.15, 0.2) is 5.60 Å². The molecule has 158 valence electrons. The van der Waals surface area contributed by atoms with E-state index in [1.54, 1.807) is 0 Å². The molecule has 0 heterocycles. The van der Waals surface area contributed by atoms with Crippen molar-refractivity contribution in [2.24, 2.45) is 11.8 Å². The molecule has 2 unspecified atom stereocenters. The highest BCUT2D eigenvalue weighted by atomic mass is 16.7. The van der Waals surface area contributed by atoms with Crippen molar-refractivity contribution in [1.82, 2.24) is 0 Å². The average molecular weight is 399 g/mol. The van der Waals surface area contributed by atoms with Crippen LogP contribution < -0.4 is 0 Å². The van der Waals surface area contributed by atoms with Gasteiger partial charge in [-0.15, -0.1) is 0 Å². The Morgan fingerprint density at radius 2 is 1.83 bits per heavy atom. The maximum atomic E-state index is 12.9. The van der Waals surface area contributed by atoms with E-state index < -0.39 is 17.4 Å². The van der Waals surface area contributed by atoms with Crippen LogP contribution in [0.3, 0.4) is 0 Å². The number of hydrogen-bond acceptors (Lipinski definition) is 4. The first-order valence-corrected chi connectivity index (χ1v) is 10.7. The van der Waals surface area contributed by atoms with Gasteiger partial charge in [0.2, 0.25) is 0 Å². The number of aromatic hydroxyl groups is 1. The van der Waals surface area contributed by atoms with E-state index in [1.807, 2.05) is 58.9 Å². The largest absolute Gasteiger partial charge is 0.510 e. The first-order chi connectivity index (χ1) is 13.6. The zero-order chi connectivity index (χ0) is 21.2. The van der Waals surface area contributed by atoms with Crippen molar-refractivity contribution in [3.05, 3.63) is 53.1 Å². The molecule has 1 fully saturated rings. The van der Waals surface area contributed by atoms with Crippen LogP contribution >= 0.6 is 0 Å². The summed E-state index contributed by atoms with van der Waals surface area (Å²) in [6, 6.07) is 5.64. The summed E-state index contributed by atoms with van der Waals surface area (Å²) < 4.78 is 11.7. The fourth-order valence-corrected chi connectivity index (χ4v) is 4.67. The number of rotatable bonds is 3. The summed E-state index contributed by atoms with van der Waals surface area (Å²) in [4.78, 5) is 12.9. The Morgan fingerprint density at radius 1 is 1.14 bits per heavy atom. The topological polar surface area (TPSA) is 55.8 Å². The predicted molar refractivity (Wildman–Crippen MR) is 115 cm³/mol. The fourth-order valence-electron chi connectivity index (χ4n) is 4.67. The Balaban J connectivity index is 2.12. The van der Waals surface area contributed by atoms with Crippen LogP contribution in [0, 0.1) is 18.8 Å². The van der Waals surface area contributed by atoms with Gasteiger partial charge >= 0.3 is 6.16 Å². The normalized spacial score (nSPS) is 25.4. The number of aryl methyl sites for hydroxylation is 1. The molecule has 1 aromatic rings. The number of carbonyl (C=O) groups is 1. The van der Waals surface area contributed by atoms with Gasteiger partial charge in [-0.2, -0.15) is 0 Å². The van der Waals surface area contributed by atoms with Gasteiger partial charge in [-0.25, -0.2) is 4.79 Å². The SMILES string of the molecule is CC1=CC(OC(=O)OC(C)(C)C)(c2cccc(C)c2O)C(C2CCCCC2)C=C1. The molecule has 0 spiro atoms. The minimum Gasteiger partial charge on any atom is -0.507 e. The number of phenolic OH excluding ortho intramolecular Hbond substituents is 1. The van der Waals surface area contributed by atoms with Gasteiger partial charge in [-0.1, -0.05) is 55.2 Å². The molecular formula is C25H34O4. The average Bonchev–Trinajstić information content (AvgIpc) is 2.63. The van der Waals surface area contributed by atoms with Crippen molar-refractivity contribution in [2.45, 2.75) is 77.9 Å². The zero-order valence-corrected chi connectivity index (χ0v) is 18.3. The maximum Gasteiger partial charge on any atom is 0.510 e. The van der Waals surface area contributed by atoms with E-state index in [4.69, 9.17) is 9.47 Å². The number of benzene rings is 1. The lowest BCUT2D eigenvalue weighted by molar-refractivity contribution is -0.0772. The Morgan fingerprint density at radius 3 is 2.48 bits per heavy atom. The van der Waals surface area contributed by atoms with E-state index in [2.05, 4.69) is 12.2 Å². The summed E-state index contributed by atoms with van der Waals surface area (Å²) in [5, 5.41) is 11.0. The second-order valence-corrected chi connectivity index (χ2v) is 9.50. The van der Waals surface area contributed by atoms with Crippen molar-refractivity contribution >= 4 is 6.16 Å². The first-order valence-electron chi connectivity index (χ1n) is 10.7. The van der Waals surface area contributed by atoms with E-state index in [0.29, 0.717) is 11.5 Å². The summed E-state index contributed by atoms with van der Waals surface area (Å²) >= 11 is 0. The molecule has 1 aromatic carbocycles. The van der Waals surface area contributed by atoms with E-state index in [-0.39, 0.29) is 11.7 Å². The highest BCUT2D eigenvalue weighted by molar-refractivity contribution is 5.63. The molecule has 0 radical (unpaired) electrons. The van der Waals surface area contributed by atoms with Gasteiger partial charge in [-0.3, -0.25) is 0 Å². The van der Waals surface area contributed by atoms with Crippen LogP contribution in [0.4, 0.5) is 4.79 Å². The molecular weight excluding hydrogens is 364 g/mol. The van der Waals surface area contributed by atoms with Crippen molar-refractivity contribution in [3.63, 3.8) is 0 Å². The molecule has 0 bridgehead atoms. The number of para-hydroxylation sites is 1. The van der Waals surface area contributed by atoms with Crippen molar-refractivity contribution < 1.29 is 19.4 Å². The lowest BCUT2D eigenvalue weighted by Gasteiger charge is -2.44. The molecule has 2 aliphatic rings. The number of ether oxygens (including phenoxy) is 2. The molecule has 4 nitrogen and oxygen atoms in total. The zero-order valence-electron chi connectivity index (χ0n) is 18.3. The number of hydrogen-bond donors (Lipinski definition) is 1. The van der Waals surface area contributed by atoms with Gasteiger partial charge < -0.3 is 14.6 Å². The van der Waals surface area contributed by atoms with Gasteiger partial charge in [0.25, 0.3) is 0 Å².